The number of rotatable bonds is 4. The smallest absolute Gasteiger partial charge is 0.234 e. The summed E-state index contributed by atoms with van der Waals surface area (Å²) in [6.45, 7) is 1.58. The number of halogens is 1. The molecule has 2 aromatic carbocycles. The molecule has 3 aromatic rings. The normalized spacial score (nSPS) is 17.8. The van der Waals surface area contributed by atoms with E-state index in [2.05, 4.69) is 11.0 Å². The second-order valence-corrected chi connectivity index (χ2v) is 6.17. The number of carbonyl (C=O) groups excluding carboxylic acids is 1. The van der Waals surface area contributed by atoms with Crippen LogP contribution in [0.15, 0.2) is 52.9 Å². The molecule has 1 amide bonds. The van der Waals surface area contributed by atoms with Gasteiger partial charge in [-0.05, 0) is 54.4 Å². The van der Waals surface area contributed by atoms with E-state index in [0.717, 1.165) is 35.1 Å². The van der Waals surface area contributed by atoms with Gasteiger partial charge in [0.15, 0.2) is 0 Å². The second kappa shape index (κ2) is 5.76. The molecule has 24 heavy (non-hydrogen) atoms. The molecular weight excluding hydrogens is 307 g/mol. The van der Waals surface area contributed by atoms with Crippen molar-refractivity contribution in [3.63, 3.8) is 0 Å². The topological polar surface area (TPSA) is 59.5 Å². The maximum Gasteiger partial charge on any atom is 0.234 e. The monoisotopic (exact) mass is 324 g/mol. The van der Waals surface area contributed by atoms with Gasteiger partial charge in [-0.1, -0.05) is 6.07 Å². The van der Waals surface area contributed by atoms with Crippen LogP contribution in [0.25, 0.3) is 22.3 Å². The summed E-state index contributed by atoms with van der Waals surface area (Å²) in [4.78, 5) is 13.4. The van der Waals surface area contributed by atoms with Crippen molar-refractivity contribution < 1.29 is 13.6 Å². The third-order valence-electron chi connectivity index (χ3n) is 4.55. The van der Waals surface area contributed by atoms with E-state index in [-0.39, 0.29) is 17.8 Å². The minimum atomic E-state index is -0.268. The van der Waals surface area contributed by atoms with Crippen LogP contribution in [0.2, 0.25) is 0 Å². The molecule has 0 radical (unpaired) electrons. The van der Waals surface area contributed by atoms with Gasteiger partial charge in [-0.3, -0.25) is 9.69 Å². The first kappa shape index (κ1) is 14.9. The summed E-state index contributed by atoms with van der Waals surface area (Å²) in [6.07, 6.45) is 0.831. The van der Waals surface area contributed by atoms with Crippen molar-refractivity contribution in [3.8, 4) is 11.3 Å². The van der Waals surface area contributed by atoms with Crippen LogP contribution in [0.3, 0.4) is 0 Å². The zero-order chi connectivity index (χ0) is 16.7. The first-order chi connectivity index (χ1) is 11.6. The van der Waals surface area contributed by atoms with Crippen LogP contribution in [0, 0.1) is 5.82 Å². The van der Waals surface area contributed by atoms with Crippen LogP contribution in [-0.2, 0) is 11.3 Å². The Morgan fingerprint density at radius 2 is 2.00 bits per heavy atom. The van der Waals surface area contributed by atoms with Gasteiger partial charge >= 0.3 is 0 Å². The van der Waals surface area contributed by atoms with Crippen molar-refractivity contribution in [1.82, 2.24) is 4.90 Å². The number of carbonyl (C=O) groups is 1. The van der Waals surface area contributed by atoms with E-state index in [1.54, 1.807) is 12.1 Å². The number of amides is 1. The highest BCUT2D eigenvalue weighted by Gasteiger charge is 2.32. The molecule has 1 saturated heterocycles. The lowest BCUT2D eigenvalue weighted by Crippen LogP contribution is -2.54. The SMILES string of the molecule is NC(=O)[C@@H]1CCN1Cc1ccc2oc(-c3ccc(F)cc3)cc2c1. The van der Waals surface area contributed by atoms with Crippen molar-refractivity contribution in [2.75, 3.05) is 6.54 Å². The first-order valence-electron chi connectivity index (χ1n) is 7.92. The summed E-state index contributed by atoms with van der Waals surface area (Å²) in [5.74, 6) is 0.182. The average molecular weight is 324 g/mol. The molecule has 0 aliphatic carbocycles. The molecule has 0 saturated carbocycles. The third kappa shape index (κ3) is 2.67. The van der Waals surface area contributed by atoms with Crippen LogP contribution >= 0.6 is 0 Å². The predicted molar refractivity (Wildman–Crippen MR) is 89.6 cm³/mol. The molecule has 0 unspecified atom stereocenters. The molecule has 2 N–H and O–H groups in total. The van der Waals surface area contributed by atoms with Crippen molar-refractivity contribution in [2.24, 2.45) is 5.73 Å². The van der Waals surface area contributed by atoms with E-state index in [0.29, 0.717) is 12.3 Å². The Morgan fingerprint density at radius 1 is 1.21 bits per heavy atom. The average Bonchev–Trinajstić information content (AvgIpc) is 2.94. The van der Waals surface area contributed by atoms with Gasteiger partial charge in [0, 0.05) is 24.0 Å². The molecule has 0 spiro atoms. The first-order valence-corrected chi connectivity index (χ1v) is 7.92. The number of furan rings is 1. The fraction of sp³-hybridized carbons (Fsp3) is 0.211. The minimum Gasteiger partial charge on any atom is -0.456 e. The van der Waals surface area contributed by atoms with Crippen LogP contribution < -0.4 is 5.73 Å². The molecule has 2 heterocycles. The molecule has 122 valence electrons. The molecule has 1 aromatic heterocycles. The lowest BCUT2D eigenvalue weighted by atomic mass is 10.0. The quantitative estimate of drug-likeness (QED) is 0.801. The summed E-state index contributed by atoms with van der Waals surface area (Å²) in [6, 6.07) is 14.0. The van der Waals surface area contributed by atoms with E-state index in [1.165, 1.54) is 12.1 Å². The molecule has 1 aliphatic rings. The Labute approximate surface area is 138 Å². The zero-order valence-corrected chi connectivity index (χ0v) is 13.0. The standard InChI is InChI=1S/C19H17FN2O2/c20-15-4-2-13(3-5-15)18-10-14-9-12(1-6-17(14)24-18)11-22-8-7-16(22)19(21)23/h1-6,9-10,16H,7-8,11H2,(H2,21,23)/t16-/m0/s1. The fourth-order valence-electron chi connectivity index (χ4n) is 3.13. The van der Waals surface area contributed by atoms with Crippen molar-refractivity contribution in [3.05, 3.63) is 59.9 Å². The zero-order valence-electron chi connectivity index (χ0n) is 13.0. The Bertz CT molecular complexity index is 901. The largest absolute Gasteiger partial charge is 0.456 e. The Hall–Kier alpha value is -2.66. The molecule has 0 bridgehead atoms. The lowest BCUT2D eigenvalue weighted by molar-refractivity contribution is -0.127. The molecule has 4 nitrogen and oxygen atoms in total. The number of hydrogen-bond acceptors (Lipinski definition) is 3. The number of nitrogens with two attached hydrogens (primary N) is 1. The van der Waals surface area contributed by atoms with E-state index < -0.39 is 0 Å². The highest BCUT2D eigenvalue weighted by Crippen LogP contribution is 2.29. The van der Waals surface area contributed by atoms with Crippen LogP contribution in [0.4, 0.5) is 4.39 Å². The summed E-state index contributed by atoms with van der Waals surface area (Å²) in [5, 5.41) is 0.989. The number of nitrogens with zero attached hydrogens (tertiary/aromatic N) is 1. The molecule has 4 rings (SSSR count). The second-order valence-electron chi connectivity index (χ2n) is 6.17. The van der Waals surface area contributed by atoms with Gasteiger partial charge in [-0.25, -0.2) is 4.39 Å². The van der Waals surface area contributed by atoms with Gasteiger partial charge < -0.3 is 10.2 Å². The highest BCUT2D eigenvalue weighted by molar-refractivity contribution is 5.83. The van der Waals surface area contributed by atoms with Gasteiger partial charge in [-0.2, -0.15) is 0 Å². The summed E-state index contributed by atoms with van der Waals surface area (Å²) in [5.41, 5.74) is 8.12. The number of fused-ring (bicyclic) bond motifs is 1. The van der Waals surface area contributed by atoms with Gasteiger partial charge in [0.2, 0.25) is 5.91 Å². The predicted octanol–water partition coefficient (Wildman–Crippen LogP) is 3.30. The third-order valence-corrected chi connectivity index (χ3v) is 4.55. The Morgan fingerprint density at radius 3 is 2.67 bits per heavy atom. The van der Waals surface area contributed by atoms with Crippen molar-refractivity contribution >= 4 is 16.9 Å². The number of likely N-dealkylation sites (tertiary alicyclic amines) is 1. The summed E-state index contributed by atoms with van der Waals surface area (Å²) < 4.78 is 18.9. The van der Waals surface area contributed by atoms with Crippen LogP contribution in [0.1, 0.15) is 12.0 Å². The fourth-order valence-corrected chi connectivity index (χ4v) is 3.13. The van der Waals surface area contributed by atoms with Gasteiger partial charge in [0.1, 0.15) is 17.2 Å². The maximum absolute atomic E-state index is 13.0. The van der Waals surface area contributed by atoms with E-state index >= 15 is 0 Å². The van der Waals surface area contributed by atoms with Crippen molar-refractivity contribution in [1.29, 1.82) is 0 Å². The van der Waals surface area contributed by atoms with E-state index in [9.17, 15) is 9.18 Å². The van der Waals surface area contributed by atoms with Gasteiger partial charge in [0.25, 0.3) is 0 Å². The van der Waals surface area contributed by atoms with Gasteiger partial charge in [0.05, 0.1) is 6.04 Å². The Balaban J connectivity index is 1.59. The minimum absolute atomic E-state index is 0.153. The molecule has 1 atom stereocenters. The van der Waals surface area contributed by atoms with Crippen LogP contribution in [0.5, 0.6) is 0 Å². The molecular formula is C19H17FN2O2. The molecule has 5 heteroatoms. The van der Waals surface area contributed by atoms with E-state index in [4.69, 9.17) is 10.2 Å². The molecule has 1 aliphatic heterocycles. The lowest BCUT2D eigenvalue weighted by Gasteiger charge is -2.38. The highest BCUT2D eigenvalue weighted by atomic mass is 19.1. The number of primary amides is 1. The van der Waals surface area contributed by atoms with Crippen LogP contribution in [-0.4, -0.2) is 23.4 Å². The maximum atomic E-state index is 13.0. The van der Waals surface area contributed by atoms with Crippen molar-refractivity contribution in [2.45, 2.75) is 19.0 Å². The van der Waals surface area contributed by atoms with Gasteiger partial charge in [-0.15, -0.1) is 0 Å². The number of benzene rings is 2. The summed E-state index contributed by atoms with van der Waals surface area (Å²) >= 11 is 0. The number of hydrogen-bond donors (Lipinski definition) is 1. The summed E-state index contributed by atoms with van der Waals surface area (Å²) in [7, 11) is 0. The van der Waals surface area contributed by atoms with E-state index in [1.807, 2.05) is 18.2 Å². The Kier molecular flexibility index (Phi) is 3.58. The molecule has 1 fully saturated rings.